The Bertz CT molecular complexity index is 1870. The Morgan fingerprint density at radius 3 is 2.54 bits per heavy atom. The smallest absolute Gasteiger partial charge is 0.220 e. The van der Waals surface area contributed by atoms with Gasteiger partial charge in [-0.15, -0.1) is 0 Å². The highest BCUT2D eigenvalue weighted by atomic mass is 35.5. The van der Waals surface area contributed by atoms with E-state index in [9.17, 15) is 9.59 Å². The number of nitrogens with one attached hydrogen (secondary N) is 4. The third kappa shape index (κ3) is 8.15. The summed E-state index contributed by atoms with van der Waals surface area (Å²) in [5.74, 6) is 0.174. The molecule has 2 fully saturated rings. The molecule has 2 aliphatic rings. The van der Waals surface area contributed by atoms with E-state index in [2.05, 4.69) is 31.2 Å². The van der Waals surface area contributed by atoms with Crippen molar-refractivity contribution in [3.05, 3.63) is 81.8 Å². The zero-order valence-corrected chi connectivity index (χ0v) is 29.4. The van der Waals surface area contributed by atoms with Crippen molar-refractivity contribution in [2.45, 2.75) is 57.8 Å². The molecule has 4 N–H and O–H groups in total. The minimum absolute atomic E-state index is 0.0430. The highest BCUT2D eigenvalue weighted by Gasteiger charge is 2.23. The van der Waals surface area contributed by atoms with Crippen molar-refractivity contribution in [3.8, 4) is 28.4 Å². The lowest BCUT2D eigenvalue weighted by molar-refractivity contribution is -0.130. The summed E-state index contributed by atoms with van der Waals surface area (Å²) in [4.78, 5) is 38.5. The average molecular weight is 722 g/mol. The van der Waals surface area contributed by atoms with Gasteiger partial charge in [-0.3, -0.25) is 14.6 Å². The van der Waals surface area contributed by atoms with E-state index in [0.717, 1.165) is 24.8 Å². The number of amides is 2. The zero-order chi connectivity index (χ0) is 35.2. The summed E-state index contributed by atoms with van der Waals surface area (Å²) < 4.78 is 21.3. The van der Waals surface area contributed by atoms with Crippen LogP contribution in [0, 0.1) is 5.82 Å². The Kier molecular flexibility index (Phi) is 11.4. The summed E-state index contributed by atoms with van der Waals surface area (Å²) in [7, 11) is 1.56. The van der Waals surface area contributed by atoms with Crippen LogP contribution < -0.4 is 26.0 Å². The van der Waals surface area contributed by atoms with Gasteiger partial charge < -0.3 is 30.9 Å². The quantitative estimate of drug-likeness (QED) is 0.142. The third-order valence-corrected chi connectivity index (χ3v) is 9.88. The lowest BCUT2D eigenvalue weighted by atomic mass is 10.0. The number of nitrogens with zero attached hydrogens (tertiary/aromatic N) is 4. The molecule has 6 rings (SSSR count). The maximum absolute atomic E-state index is 15.7. The van der Waals surface area contributed by atoms with Crippen molar-refractivity contribution in [1.82, 2.24) is 35.8 Å². The standard InChI is InChI=1S/C36H39Cl2FN8O3/c1-21(48)47-16-12-24(13-17-47)43-19-22-10-14-42-35(33(22)39)45-29-5-3-4-27(31(29)37)34-32(38)26(11-15-41-34)28-8-6-23(36(46-28)50-2)18-40-20-25-7-9-30(49)44-25/h3-6,8,10-11,14-15,24-25,40,43H,7,9,12-13,16-20H2,1-2H3,(H,42,45)(H,44,49)/t25-/m1/s1. The molecule has 14 heteroatoms. The first kappa shape index (κ1) is 35.5. The molecule has 0 radical (unpaired) electrons. The molecule has 2 saturated heterocycles. The number of likely N-dealkylation sites (tertiary alicyclic amines) is 1. The predicted molar refractivity (Wildman–Crippen MR) is 192 cm³/mol. The number of halogens is 3. The summed E-state index contributed by atoms with van der Waals surface area (Å²) in [6.07, 6.45) is 6.18. The number of piperidine rings is 1. The van der Waals surface area contributed by atoms with Gasteiger partial charge in [-0.05, 0) is 43.5 Å². The van der Waals surface area contributed by atoms with Gasteiger partial charge in [-0.1, -0.05) is 41.4 Å². The molecule has 1 aromatic carbocycles. The Morgan fingerprint density at radius 1 is 1.00 bits per heavy atom. The first-order chi connectivity index (χ1) is 24.2. The number of rotatable bonds is 12. The predicted octanol–water partition coefficient (Wildman–Crippen LogP) is 5.87. The van der Waals surface area contributed by atoms with Crippen molar-refractivity contribution < 1.29 is 18.7 Å². The van der Waals surface area contributed by atoms with E-state index in [1.54, 1.807) is 56.8 Å². The van der Waals surface area contributed by atoms with Crippen LogP contribution in [-0.2, 0) is 22.7 Å². The number of ether oxygens (including phenoxy) is 1. The molecule has 50 heavy (non-hydrogen) atoms. The van der Waals surface area contributed by atoms with E-state index < -0.39 is 5.82 Å². The monoisotopic (exact) mass is 720 g/mol. The molecule has 4 aromatic rings. The maximum Gasteiger partial charge on any atom is 0.220 e. The van der Waals surface area contributed by atoms with Crippen LogP contribution in [0.15, 0.2) is 54.9 Å². The maximum atomic E-state index is 15.7. The lowest BCUT2D eigenvalue weighted by Crippen LogP contribution is -2.44. The second-order valence-electron chi connectivity index (χ2n) is 12.4. The van der Waals surface area contributed by atoms with Crippen LogP contribution in [0.3, 0.4) is 0 Å². The second kappa shape index (κ2) is 16.1. The molecule has 0 bridgehead atoms. The van der Waals surface area contributed by atoms with E-state index in [-0.39, 0.29) is 29.7 Å². The first-order valence-corrected chi connectivity index (χ1v) is 17.3. The van der Waals surface area contributed by atoms with Crippen molar-refractivity contribution in [3.63, 3.8) is 0 Å². The number of hydrogen-bond donors (Lipinski definition) is 4. The summed E-state index contributed by atoms with van der Waals surface area (Å²) in [6.45, 7) is 4.45. The molecule has 0 saturated carbocycles. The van der Waals surface area contributed by atoms with E-state index >= 15 is 4.39 Å². The molecule has 2 amide bonds. The zero-order valence-electron chi connectivity index (χ0n) is 27.9. The van der Waals surface area contributed by atoms with Gasteiger partial charge in [-0.25, -0.2) is 14.4 Å². The molecule has 1 atom stereocenters. The van der Waals surface area contributed by atoms with Crippen LogP contribution in [0.5, 0.6) is 5.88 Å². The molecule has 3 aromatic heterocycles. The van der Waals surface area contributed by atoms with Crippen LogP contribution in [-0.4, -0.2) is 70.5 Å². The van der Waals surface area contributed by atoms with Crippen molar-refractivity contribution in [2.75, 3.05) is 32.1 Å². The number of hydrogen-bond acceptors (Lipinski definition) is 9. The van der Waals surface area contributed by atoms with Gasteiger partial charge in [0.15, 0.2) is 11.6 Å². The molecule has 2 aliphatic heterocycles. The van der Waals surface area contributed by atoms with Crippen LogP contribution in [0.2, 0.25) is 10.0 Å². The number of pyridine rings is 3. The number of carbonyl (C=O) groups excluding carboxylic acids is 2. The number of methoxy groups -OCH3 is 1. The highest BCUT2D eigenvalue weighted by molar-refractivity contribution is 6.39. The molecule has 0 aliphatic carbocycles. The minimum Gasteiger partial charge on any atom is -0.481 e. The Hall–Kier alpha value is -4.36. The van der Waals surface area contributed by atoms with Gasteiger partial charge in [-0.2, -0.15) is 0 Å². The topological polar surface area (TPSA) is 133 Å². The first-order valence-electron chi connectivity index (χ1n) is 16.6. The van der Waals surface area contributed by atoms with Gasteiger partial charge in [0.1, 0.15) is 0 Å². The Morgan fingerprint density at radius 2 is 1.80 bits per heavy atom. The van der Waals surface area contributed by atoms with Crippen LogP contribution in [0.25, 0.3) is 22.5 Å². The van der Waals surface area contributed by atoms with Gasteiger partial charge in [0.05, 0.1) is 34.2 Å². The minimum atomic E-state index is -0.482. The van der Waals surface area contributed by atoms with Crippen molar-refractivity contribution in [1.29, 1.82) is 0 Å². The normalized spacial score (nSPS) is 16.4. The summed E-state index contributed by atoms with van der Waals surface area (Å²) in [5, 5.41) is 13.4. The molecule has 11 nitrogen and oxygen atoms in total. The van der Waals surface area contributed by atoms with Crippen LogP contribution >= 0.6 is 23.2 Å². The summed E-state index contributed by atoms with van der Waals surface area (Å²) in [6, 6.07) is 12.8. The molecule has 5 heterocycles. The van der Waals surface area contributed by atoms with Crippen LogP contribution in [0.1, 0.15) is 43.7 Å². The number of carbonyl (C=O) groups is 2. The lowest BCUT2D eigenvalue weighted by Gasteiger charge is -2.31. The van der Waals surface area contributed by atoms with E-state index in [0.29, 0.717) is 88.8 Å². The Labute approximate surface area is 300 Å². The SMILES string of the molecule is COc1nc(-c2ccnc(-c3cccc(Nc4nccc(CNC5CCN(C(C)=O)CC5)c4F)c3Cl)c2Cl)ccc1CNC[C@H]1CCC(=O)N1. The van der Waals surface area contributed by atoms with Crippen LogP contribution in [0.4, 0.5) is 15.9 Å². The van der Waals surface area contributed by atoms with Crippen molar-refractivity contribution >= 4 is 46.5 Å². The largest absolute Gasteiger partial charge is 0.481 e. The Balaban J connectivity index is 1.16. The highest BCUT2D eigenvalue weighted by Crippen LogP contribution is 2.41. The summed E-state index contributed by atoms with van der Waals surface area (Å²) >= 11 is 13.9. The fraction of sp³-hybridized carbons (Fsp3) is 0.361. The van der Waals surface area contributed by atoms with Gasteiger partial charge in [0.25, 0.3) is 0 Å². The third-order valence-electron chi connectivity index (χ3n) is 9.09. The number of aromatic nitrogens is 3. The molecule has 0 unspecified atom stereocenters. The van der Waals surface area contributed by atoms with E-state index in [1.807, 2.05) is 17.0 Å². The molecular weight excluding hydrogens is 682 g/mol. The van der Waals surface area contributed by atoms with Gasteiger partial charge in [0, 0.05) is 92.8 Å². The molecule has 0 spiro atoms. The second-order valence-corrected chi connectivity index (χ2v) is 13.2. The van der Waals surface area contributed by atoms with Gasteiger partial charge >= 0.3 is 0 Å². The number of anilines is 2. The van der Waals surface area contributed by atoms with Crippen molar-refractivity contribution in [2.24, 2.45) is 0 Å². The van der Waals surface area contributed by atoms with E-state index in [4.69, 9.17) is 32.9 Å². The average Bonchev–Trinajstić information content (AvgIpc) is 3.54. The molecular formula is C36H39Cl2FN8O3. The summed E-state index contributed by atoms with van der Waals surface area (Å²) in [5.41, 5.74) is 3.98. The fourth-order valence-electron chi connectivity index (χ4n) is 6.27. The molecule has 262 valence electrons. The number of benzene rings is 1. The van der Waals surface area contributed by atoms with Gasteiger partial charge in [0.2, 0.25) is 17.7 Å². The fourth-order valence-corrected chi connectivity index (χ4v) is 6.84. The van der Waals surface area contributed by atoms with E-state index in [1.165, 1.54) is 0 Å².